The summed E-state index contributed by atoms with van der Waals surface area (Å²) < 4.78 is 24.5. The lowest BCUT2D eigenvalue weighted by atomic mass is 10.5. The molecule has 0 N–H and O–H groups in total. The van der Waals surface area contributed by atoms with Gasteiger partial charge in [0.1, 0.15) is 5.02 Å². The maximum atomic E-state index is 12.4. The molecule has 0 radical (unpaired) electrons. The lowest BCUT2D eigenvalue weighted by Gasteiger charge is -1.93. The Morgan fingerprint density at radius 1 is 1.10 bits per heavy atom. The summed E-state index contributed by atoms with van der Waals surface area (Å²) in [6, 6.07) is 0. The lowest BCUT2D eigenvalue weighted by molar-refractivity contribution is 0.530. The number of rotatable bonds is 0. The zero-order valence-corrected chi connectivity index (χ0v) is 5.92. The van der Waals surface area contributed by atoms with E-state index in [-0.39, 0.29) is 0 Å². The number of aromatic nitrogens is 2. The Morgan fingerprint density at radius 3 is 2.20 bits per heavy atom. The fourth-order valence-corrected chi connectivity index (χ4v) is 0.665. The lowest BCUT2D eigenvalue weighted by Crippen LogP contribution is -1.93. The molecular weight excluding hydrogens is 185 g/mol. The van der Waals surface area contributed by atoms with E-state index in [1.54, 1.807) is 0 Å². The first-order chi connectivity index (χ1) is 4.63. The molecule has 1 aromatic rings. The molecule has 1 rings (SSSR count). The molecule has 0 atom stereocenters. The highest BCUT2D eigenvalue weighted by Gasteiger charge is 2.12. The second kappa shape index (κ2) is 2.64. The first-order valence-electron chi connectivity index (χ1n) is 2.15. The summed E-state index contributed by atoms with van der Waals surface area (Å²) in [5, 5.41) is 4.47. The molecule has 0 saturated carbocycles. The molecule has 0 aromatic carbocycles. The molecule has 0 bridgehead atoms. The smallest absolute Gasteiger partial charge is 0.202 e. The average molecular weight is 185 g/mol. The molecule has 1 heterocycles. The van der Waals surface area contributed by atoms with Gasteiger partial charge in [0.05, 0.1) is 0 Å². The molecule has 0 aliphatic carbocycles. The predicted octanol–water partition coefficient (Wildman–Crippen LogP) is 2.06. The molecule has 2 nitrogen and oxygen atoms in total. The summed E-state index contributed by atoms with van der Waals surface area (Å²) in [5.41, 5.74) is 0. The van der Waals surface area contributed by atoms with Gasteiger partial charge in [0.15, 0.2) is 11.0 Å². The van der Waals surface area contributed by atoms with Crippen LogP contribution >= 0.6 is 23.2 Å². The van der Waals surface area contributed by atoms with E-state index in [0.29, 0.717) is 0 Å². The van der Waals surface area contributed by atoms with E-state index in [1.165, 1.54) is 0 Å². The minimum Gasteiger partial charge on any atom is -0.202 e. The van der Waals surface area contributed by atoms with E-state index in [0.717, 1.165) is 0 Å². The van der Waals surface area contributed by atoms with E-state index in [2.05, 4.69) is 10.2 Å². The summed E-state index contributed by atoms with van der Waals surface area (Å²) in [5.74, 6) is -2.25. The van der Waals surface area contributed by atoms with Gasteiger partial charge >= 0.3 is 0 Å². The van der Waals surface area contributed by atoms with E-state index >= 15 is 0 Å². The SMILES string of the molecule is Fc1nnc(Cl)c(F)c1Cl. The third kappa shape index (κ3) is 1.17. The molecule has 0 amide bonds. The Bertz CT molecular complexity index is 239. The van der Waals surface area contributed by atoms with Crippen molar-refractivity contribution in [2.75, 3.05) is 0 Å². The first kappa shape index (κ1) is 7.63. The van der Waals surface area contributed by atoms with Gasteiger partial charge in [-0.3, -0.25) is 0 Å². The number of halogens is 4. The van der Waals surface area contributed by atoms with Crippen molar-refractivity contribution in [2.24, 2.45) is 0 Å². The van der Waals surface area contributed by atoms with Crippen molar-refractivity contribution in [1.29, 1.82) is 0 Å². The molecular formula is C4Cl2F2N2. The highest BCUT2D eigenvalue weighted by molar-refractivity contribution is 6.34. The molecule has 54 valence electrons. The summed E-state index contributed by atoms with van der Waals surface area (Å²) in [6.45, 7) is 0. The summed E-state index contributed by atoms with van der Waals surface area (Å²) in [7, 11) is 0. The fourth-order valence-electron chi connectivity index (χ4n) is 0.357. The quantitative estimate of drug-likeness (QED) is 0.618. The van der Waals surface area contributed by atoms with Crippen LogP contribution in [-0.4, -0.2) is 10.2 Å². The van der Waals surface area contributed by atoms with Gasteiger partial charge in [-0.1, -0.05) is 23.2 Å². The third-order valence-corrected chi connectivity index (χ3v) is 1.34. The highest BCUT2D eigenvalue weighted by atomic mass is 35.5. The van der Waals surface area contributed by atoms with Gasteiger partial charge in [0, 0.05) is 0 Å². The molecule has 6 heteroatoms. The normalized spacial score (nSPS) is 10.0. The molecule has 10 heavy (non-hydrogen) atoms. The maximum absolute atomic E-state index is 12.4. The monoisotopic (exact) mass is 184 g/mol. The summed E-state index contributed by atoms with van der Waals surface area (Å²) in [6.07, 6.45) is 0. The first-order valence-corrected chi connectivity index (χ1v) is 2.91. The van der Waals surface area contributed by atoms with E-state index < -0.39 is 21.9 Å². The van der Waals surface area contributed by atoms with Crippen molar-refractivity contribution < 1.29 is 8.78 Å². The molecule has 0 fully saturated rings. The van der Waals surface area contributed by atoms with Crippen molar-refractivity contribution in [3.05, 3.63) is 21.9 Å². The summed E-state index contributed by atoms with van der Waals surface area (Å²) in [4.78, 5) is 0. The van der Waals surface area contributed by atoms with Crippen molar-refractivity contribution in [1.82, 2.24) is 10.2 Å². The minimum absolute atomic E-state index is 0.536. The van der Waals surface area contributed by atoms with Crippen LogP contribution < -0.4 is 0 Å². The van der Waals surface area contributed by atoms with Gasteiger partial charge in [-0.25, -0.2) is 4.39 Å². The largest absolute Gasteiger partial charge is 0.254 e. The van der Waals surface area contributed by atoms with Gasteiger partial charge in [0.2, 0.25) is 0 Å². The Morgan fingerprint density at radius 2 is 1.70 bits per heavy atom. The van der Waals surface area contributed by atoms with E-state index in [4.69, 9.17) is 23.2 Å². The average Bonchev–Trinajstić information content (AvgIpc) is 1.93. The minimum atomic E-state index is -1.16. The van der Waals surface area contributed by atoms with Crippen molar-refractivity contribution in [3.63, 3.8) is 0 Å². The van der Waals surface area contributed by atoms with Crippen molar-refractivity contribution >= 4 is 23.2 Å². The number of hydrogen-bond acceptors (Lipinski definition) is 2. The van der Waals surface area contributed by atoms with Gasteiger partial charge < -0.3 is 0 Å². The Kier molecular flexibility index (Phi) is 2.01. The Balaban J connectivity index is 3.34. The van der Waals surface area contributed by atoms with Gasteiger partial charge in [-0.15, -0.1) is 10.2 Å². The fraction of sp³-hybridized carbons (Fsp3) is 0. The van der Waals surface area contributed by atoms with E-state index in [1.807, 2.05) is 0 Å². The maximum Gasteiger partial charge on any atom is 0.254 e. The van der Waals surface area contributed by atoms with Crippen molar-refractivity contribution in [2.45, 2.75) is 0 Å². The van der Waals surface area contributed by atoms with Crippen LogP contribution in [0.2, 0.25) is 10.2 Å². The van der Waals surface area contributed by atoms with Gasteiger partial charge in [-0.2, -0.15) is 4.39 Å². The van der Waals surface area contributed by atoms with Crippen LogP contribution in [0.15, 0.2) is 0 Å². The molecule has 0 unspecified atom stereocenters. The molecule has 0 aliphatic heterocycles. The van der Waals surface area contributed by atoms with Crippen LogP contribution in [0.1, 0.15) is 0 Å². The predicted molar refractivity (Wildman–Crippen MR) is 32.0 cm³/mol. The van der Waals surface area contributed by atoms with Crippen LogP contribution in [0.5, 0.6) is 0 Å². The van der Waals surface area contributed by atoms with Crippen molar-refractivity contribution in [3.8, 4) is 0 Å². The van der Waals surface area contributed by atoms with Gasteiger partial charge in [-0.05, 0) is 0 Å². The van der Waals surface area contributed by atoms with Crippen LogP contribution in [0.3, 0.4) is 0 Å². The standard InChI is InChI=1S/C4Cl2F2N2/c5-1-2(7)3(6)9-10-4(1)8. The third-order valence-electron chi connectivity index (χ3n) is 0.781. The summed E-state index contributed by atoms with van der Waals surface area (Å²) >= 11 is 10.1. The molecule has 0 saturated heterocycles. The molecule has 0 spiro atoms. The topological polar surface area (TPSA) is 25.8 Å². The number of hydrogen-bond donors (Lipinski definition) is 0. The van der Waals surface area contributed by atoms with Crippen LogP contribution in [0.25, 0.3) is 0 Å². The Labute approximate surface area is 64.8 Å². The molecule has 0 aliphatic rings. The Hall–Kier alpha value is -0.480. The van der Waals surface area contributed by atoms with Crippen LogP contribution in [-0.2, 0) is 0 Å². The zero-order valence-electron chi connectivity index (χ0n) is 4.41. The second-order valence-corrected chi connectivity index (χ2v) is 2.15. The second-order valence-electron chi connectivity index (χ2n) is 1.41. The van der Waals surface area contributed by atoms with Gasteiger partial charge in [0.25, 0.3) is 5.95 Å². The van der Waals surface area contributed by atoms with E-state index in [9.17, 15) is 8.78 Å². The van der Waals surface area contributed by atoms with Crippen LogP contribution in [0.4, 0.5) is 8.78 Å². The highest BCUT2D eigenvalue weighted by Crippen LogP contribution is 2.20. The number of nitrogens with zero attached hydrogens (tertiary/aromatic N) is 2. The molecule has 1 aromatic heterocycles. The van der Waals surface area contributed by atoms with Crippen LogP contribution in [0, 0.1) is 11.8 Å². The zero-order chi connectivity index (χ0) is 7.72.